The van der Waals surface area contributed by atoms with Crippen molar-refractivity contribution in [1.29, 1.82) is 0 Å². The quantitative estimate of drug-likeness (QED) is 0.797. The maximum Gasteiger partial charge on any atom is 0.262 e. The van der Waals surface area contributed by atoms with Crippen molar-refractivity contribution >= 4 is 27.5 Å². The fraction of sp³-hybridized carbons (Fsp3) is 0.200. The van der Waals surface area contributed by atoms with Crippen LogP contribution < -0.4 is 10.9 Å². The second-order valence-electron chi connectivity index (χ2n) is 4.94. The van der Waals surface area contributed by atoms with Crippen LogP contribution in [0.4, 0.5) is 0 Å². The molecule has 0 unspecified atom stereocenters. The van der Waals surface area contributed by atoms with E-state index >= 15 is 0 Å². The summed E-state index contributed by atoms with van der Waals surface area (Å²) in [6.07, 6.45) is 4.86. The van der Waals surface area contributed by atoms with Crippen LogP contribution in [0.5, 0.6) is 0 Å². The van der Waals surface area contributed by atoms with E-state index in [1.165, 1.54) is 22.2 Å². The van der Waals surface area contributed by atoms with E-state index in [0.717, 1.165) is 5.56 Å². The van der Waals surface area contributed by atoms with Crippen LogP contribution in [0.2, 0.25) is 0 Å². The molecular formula is C15H14N4O2S. The van der Waals surface area contributed by atoms with Crippen LogP contribution in [0, 0.1) is 6.92 Å². The highest BCUT2D eigenvalue weighted by atomic mass is 32.1. The molecule has 6 nitrogen and oxygen atoms in total. The van der Waals surface area contributed by atoms with Gasteiger partial charge in [-0.1, -0.05) is 6.07 Å². The number of hydrogen-bond acceptors (Lipinski definition) is 5. The van der Waals surface area contributed by atoms with Crippen LogP contribution in [0.1, 0.15) is 20.8 Å². The number of thiophene rings is 1. The van der Waals surface area contributed by atoms with Crippen LogP contribution in [0.25, 0.3) is 10.2 Å². The van der Waals surface area contributed by atoms with Crippen LogP contribution in [-0.4, -0.2) is 20.4 Å². The first-order valence-electron chi connectivity index (χ1n) is 6.69. The van der Waals surface area contributed by atoms with Gasteiger partial charge in [0.05, 0.1) is 16.6 Å². The number of nitrogens with one attached hydrogen (secondary N) is 1. The Balaban J connectivity index is 1.90. The Morgan fingerprint density at radius 1 is 1.45 bits per heavy atom. The molecule has 112 valence electrons. The number of amides is 1. The lowest BCUT2D eigenvalue weighted by atomic mass is 10.2. The van der Waals surface area contributed by atoms with Crippen LogP contribution in [-0.2, 0) is 13.6 Å². The monoisotopic (exact) mass is 314 g/mol. The average Bonchev–Trinajstić information content (AvgIpc) is 2.87. The summed E-state index contributed by atoms with van der Waals surface area (Å²) in [4.78, 5) is 33.8. The van der Waals surface area contributed by atoms with Gasteiger partial charge in [0.1, 0.15) is 4.83 Å². The van der Waals surface area contributed by atoms with Gasteiger partial charge in [0.25, 0.3) is 11.5 Å². The number of hydrogen-bond donors (Lipinski definition) is 1. The molecule has 0 aliphatic heterocycles. The Bertz CT molecular complexity index is 899. The van der Waals surface area contributed by atoms with E-state index in [-0.39, 0.29) is 11.5 Å². The first-order chi connectivity index (χ1) is 10.6. The maximum atomic E-state index is 12.3. The summed E-state index contributed by atoms with van der Waals surface area (Å²) in [5.41, 5.74) is 1.46. The van der Waals surface area contributed by atoms with Gasteiger partial charge < -0.3 is 9.88 Å². The summed E-state index contributed by atoms with van der Waals surface area (Å²) < 4.78 is 1.42. The third-order valence-corrected chi connectivity index (χ3v) is 4.59. The lowest BCUT2D eigenvalue weighted by molar-refractivity contribution is 0.0954. The largest absolute Gasteiger partial charge is 0.347 e. The highest BCUT2D eigenvalue weighted by Gasteiger charge is 2.18. The zero-order chi connectivity index (χ0) is 15.7. The summed E-state index contributed by atoms with van der Waals surface area (Å²) in [5, 5.41) is 3.36. The van der Waals surface area contributed by atoms with E-state index in [1.54, 1.807) is 26.4 Å². The topological polar surface area (TPSA) is 76.9 Å². The fourth-order valence-electron chi connectivity index (χ4n) is 2.19. The first kappa shape index (κ1) is 14.4. The minimum Gasteiger partial charge on any atom is -0.347 e. The van der Waals surface area contributed by atoms with Crippen molar-refractivity contribution in [2.75, 3.05) is 0 Å². The minimum atomic E-state index is -0.202. The molecule has 0 spiro atoms. The Hall–Kier alpha value is -2.54. The summed E-state index contributed by atoms with van der Waals surface area (Å²) in [5.74, 6) is -0.202. The number of carbonyl (C=O) groups is 1. The van der Waals surface area contributed by atoms with Crippen molar-refractivity contribution < 1.29 is 4.79 Å². The van der Waals surface area contributed by atoms with E-state index in [1.807, 2.05) is 12.1 Å². The second kappa shape index (κ2) is 5.69. The predicted molar refractivity (Wildman–Crippen MR) is 85.0 cm³/mol. The van der Waals surface area contributed by atoms with Crippen molar-refractivity contribution in [3.05, 3.63) is 57.2 Å². The first-order valence-corrected chi connectivity index (χ1v) is 7.51. The van der Waals surface area contributed by atoms with Gasteiger partial charge >= 0.3 is 0 Å². The summed E-state index contributed by atoms with van der Waals surface area (Å²) in [6.45, 7) is 2.17. The van der Waals surface area contributed by atoms with Gasteiger partial charge in [0.15, 0.2) is 0 Å². The molecule has 7 heteroatoms. The molecule has 1 N–H and O–H groups in total. The van der Waals surface area contributed by atoms with Crippen LogP contribution >= 0.6 is 11.3 Å². The lowest BCUT2D eigenvalue weighted by Gasteiger charge is -2.04. The molecule has 3 aromatic heterocycles. The minimum absolute atomic E-state index is 0.134. The van der Waals surface area contributed by atoms with Crippen molar-refractivity contribution in [3.63, 3.8) is 0 Å². The number of aryl methyl sites for hydroxylation is 2. The lowest BCUT2D eigenvalue weighted by Crippen LogP contribution is -2.23. The molecule has 3 aromatic rings. The van der Waals surface area contributed by atoms with Gasteiger partial charge in [-0.25, -0.2) is 4.98 Å². The van der Waals surface area contributed by atoms with Gasteiger partial charge in [-0.2, -0.15) is 0 Å². The van der Waals surface area contributed by atoms with E-state index < -0.39 is 0 Å². The predicted octanol–water partition coefficient (Wildman–Crippen LogP) is 1.63. The van der Waals surface area contributed by atoms with E-state index in [4.69, 9.17) is 0 Å². The number of fused-ring (bicyclic) bond motifs is 1. The second-order valence-corrected chi connectivity index (χ2v) is 5.94. The molecule has 0 aliphatic rings. The zero-order valence-corrected chi connectivity index (χ0v) is 13.0. The molecule has 1 amide bonds. The summed E-state index contributed by atoms with van der Waals surface area (Å²) in [6, 6.07) is 3.71. The van der Waals surface area contributed by atoms with E-state index in [2.05, 4.69) is 15.3 Å². The Kier molecular flexibility index (Phi) is 3.72. The normalized spacial score (nSPS) is 10.8. The molecule has 0 radical (unpaired) electrons. The molecule has 0 bridgehead atoms. The number of carbonyl (C=O) groups excluding carboxylic acids is 1. The van der Waals surface area contributed by atoms with Gasteiger partial charge in [-0.05, 0) is 24.1 Å². The van der Waals surface area contributed by atoms with Crippen LogP contribution in [0.3, 0.4) is 0 Å². The highest BCUT2D eigenvalue weighted by molar-refractivity contribution is 7.20. The molecule has 22 heavy (non-hydrogen) atoms. The van der Waals surface area contributed by atoms with Crippen molar-refractivity contribution in [1.82, 2.24) is 19.9 Å². The number of aromatic nitrogens is 3. The number of pyridine rings is 1. The molecular weight excluding hydrogens is 300 g/mol. The Labute approximate surface area is 130 Å². The molecule has 3 rings (SSSR count). The van der Waals surface area contributed by atoms with Gasteiger partial charge in [0, 0.05) is 26.0 Å². The fourth-order valence-corrected chi connectivity index (χ4v) is 3.25. The Morgan fingerprint density at radius 3 is 3.00 bits per heavy atom. The molecule has 0 fully saturated rings. The average molecular weight is 314 g/mol. The number of rotatable bonds is 3. The third-order valence-electron chi connectivity index (χ3n) is 3.39. The van der Waals surface area contributed by atoms with Crippen molar-refractivity contribution in [2.24, 2.45) is 7.05 Å². The molecule has 0 saturated heterocycles. The van der Waals surface area contributed by atoms with E-state index in [9.17, 15) is 9.59 Å². The zero-order valence-electron chi connectivity index (χ0n) is 12.2. The van der Waals surface area contributed by atoms with Crippen molar-refractivity contribution in [3.8, 4) is 0 Å². The molecule has 0 saturated carbocycles. The Morgan fingerprint density at radius 2 is 2.27 bits per heavy atom. The molecule has 0 aliphatic carbocycles. The highest BCUT2D eigenvalue weighted by Crippen LogP contribution is 2.26. The van der Waals surface area contributed by atoms with E-state index in [0.29, 0.717) is 27.2 Å². The number of nitrogens with zero attached hydrogens (tertiary/aromatic N) is 3. The van der Waals surface area contributed by atoms with Gasteiger partial charge in [-0.15, -0.1) is 11.3 Å². The smallest absolute Gasteiger partial charge is 0.262 e. The summed E-state index contributed by atoms with van der Waals surface area (Å²) >= 11 is 1.24. The SMILES string of the molecule is Cc1c(C(=O)NCc2cccnc2)sc2ncn(C)c(=O)c12. The standard InChI is InChI=1S/C15H14N4O2S/c1-9-11-14(18-8-19(2)15(11)21)22-12(9)13(20)17-7-10-4-3-5-16-6-10/h3-6,8H,7H2,1-2H3,(H,17,20). The maximum absolute atomic E-state index is 12.3. The van der Waals surface area contributed by atoms with Crippen LogP contribution in [0.15, 0.2) is 35.6 Å². The van der Waals surface area contributed by atoms with Gasteiger partial charge in [0.2, 0.25) is 0 Å². The summed E-state index contributed by atoms with van der Waals surface area (Å²) in [7, 11) is 1.65. The van der Waals surface area contributed by atoms with Crippen molar-refractivity contribution in [2.45, 2.75) is 13.5 Å². The molecule has 3 heterocycles. The van der Waals surface area contributed by atoms with Gasteiger partial charge in [-0.3, -0.25) is 14.6 Å². The molecule has 0 atom stereocenters. The molecule has 0 aromatic carbocycles. The third kappa shape index (κ3) is 2.50.